The van der Waals surface area contributed by atoms with Crippen LogP contribution in [-0.2, 0) is 4.79 Å². The second kappa shape index (κ2) is 10.9. The highest BCUT2D eigenvalue weighted by atomic mass is 35.5. The SMILES string of the molecule is CCCCCCCCNCC(=O)Nc1c(Cl)cccc1Cl. The number of benzene rings is 1. The number of rotatable bonds is 10. The Morgan fingerprint density at radius 2 is 1.67 bits per heavy atom. The van der Waals surface area contributed by atoms with Crippen molar-refractivity contribution in [3.63, 3.8) is 0 Å². The van der Waals surface area contributed by atoms with Crippen LogP contribution in [0.5, 0.6) is 0 Å². The molecule has 3 nitrogen and oxygen atoms in total. The number of unbranched alkanes of at least 4 members (excludes halogenated alkanes) is 5. The fourth-order valence-electron chi connectivity index (χ4n) is 2.03. The van der Waals surface area contributed by atoms with Crippen molar-refractivity contribution in [1.82, 2.24) is 5.32 Å². The van der Waals surface area contributed by atoms with Crippen molar-refractivity contribution in [2.45, 2.75) is 45.4 Å². The summed E-state index contributed by atoms with van der Waals surface area (Å²) >= 11 is 12.0. The van der Waals surface area contributed by atoms with Crippen LogP contribution in [0.3, 0.4) is 0 Å². The Bertz CT molecular complexity index is 418. The Labute approximate surface area is 137 Å². The monoisotopic (exact) mass is 330 g/mol. The van der Waals surface area contributed by atoms with Crippen LogP contribution in [0.25, 0.3) is 0 Å². The van der Waals surface area contributed by atoms with Crippen LogP contribution in [0.4, 0.5) is 5.69 Å². The largest absolute Gasteiger partial charge is 0.322 e. The second-order valence-corrected chi connectivity index (χ2v) is 5.90. The molecular weight excluding hydrogens is 307 g/mol. The van der Waals surface area contributed by atoms with Crippen LogP contribution in [0.2, 0.25) is 10.0 Å². The fourth-order valence-corrected chi connectivity index (χ4v) is 2.53. The molecule has 0 heterocycles. The summed E-state index contributed by atoms with van der Waals surface area (Å²) in [5, 5.41) is 6.77. The van der Waals surface area contributed by atoms with E-state index in [2.05, 4.69) is 17.6 Å². The van der Waals surface area contributed by atoms with Gasteiger partial charge in [0.15, 0.2) is 0 Å². The van der Waals surface area contributed by atoms with E-state index in [-0.39, 0.29) is 12.5 Å². The topological polar surface area (TPSA) is 41.1 Å². The maximum atomic E-state index is 11.8. The predicted molar refractivity (Wildman–Crippen MR) is 91.3 cm³/mol. The molecule has 0 bridgehead atoms. The van der Waals surface area contributed by atoms with Gasteiger partial charge in [-0.05, 0) is 25.1 Å². The van der Waals surface area contributed by atoms with Gasteiger partial charge >= 0.3 is 0 Å². The average Bonchev–Trinajstić information content (AvgIpc) is 2.46. The number of carbonyl (C=O) groups excluding carboxylic acids is 1. The van der Waals surface area contributed by atoms with E-state index >= 15 is 0 Å². The number of amides is 1. The molecule has 5 heteroatoms. The third-order valence-electron chi connectivity index (χ3n) is 3.22. The number of hydrogen-bond donors (Lipinski definition) is 2. The minimum atomic E-state index is -0.129. The summed E-state index contributed by atoms with van der Waals surface area (Å²) in [7, 11) is 0. The molecule has 0 aliphatic carbocycles. The molecule has 1 amide bonds. The highest BCUT2D eigenvalue weighted by molar-refractivity contribution is 6.39. The molecule has 0 saturated carbocycles. The zero-order valence-corrected chi connectivity index (χ0v) is 14.1. The summed E-state index contributed by atoms with van der Waals surface area (Å²) in [6, 6.07) is 5.15. The van der Waals surface area contributed by atoms with Crippen molar-refractivity contribution < 1.29 is 4.79 Å². The van der Waals surface area contributed by atoms with Gasteiger partial charge in [-0.3, -0.25) is 4.79 Å². The Kier molecular flexibility index (Phi) is 9.48. The zero-order chi connectivity index (χ0) is 15.5. The van der Waals surface area contributed by atoms with Gasteiger partial charge in [0.25, 0.3) is 0 Å². The van der Waals surface area contributed by atoms with Gasteiger partial charge in [-0.25, -0.2) is 0 Å². The Hall–Kier alpha value is -0.770. The number of anilines is 1. The van der Waals surface area contributed by atoms with Gasteiger partial charge in [0.05, 0.1) is 22.3 Å². The summed E-state index contributed by atoms with van der Waals surface area (Å²) in [6.45, 7) is 3.34. The first kappa shape index (κ1) is 18.3. The van der Waals surface area contributed by atoms with Crippen molar-refractivity contribution in [3.05, 3.63) is 28.2 Å². The Morgan fingerprint density at radius 3 is 2.33 bits per heavy atom. The lowest BCUT2D eigenvalue weighted by atomic mass is 10.1. The first-order chi connectivity index (χ1) is 10.1. The third-order valence-corrected chi connectivity index (χ3v) is 3.85. The van der Waals surface area contributed by atoms with E-state index in [9.17, 15) is 4.79 Å². The summed E-state index contributed by atoms with van der Waals surface area (Å²) in [6.07, 6.45) is 7.48. The minimum Gasteiger partial charge on any atom is -0.322 e. The lowest BCUT2D eigenvalue weighted by Crippen LogP contribution is -2.28. The maximum absolute atomic E-state index is 11.8. The first-order valence-electron chi connectivity index (χ1n) is 7.59. The number of para-hydroxylation sites is 1. The number of nitrogens with one attached hydrogen (secondary N) is 2. The molecule has 1 aromatic rings. The van der Waals surface area contributed by atoms with Crippen molar-refractivity contribution in [2.75, 3.05) is 18.4 Å². The molecule has 0 aliphatic rings. The molecule has 21 heavy (non-hydrogen) atoms. The van der Waals surface area contributed by atoms with Gasteiger partial charge in [0.1, 0.15) is 0 Å². The second-order valence-electron chi connectivity index (χ2n) is 5.09. The molecule has 118 valence electrons. The lowest BCUT2D eigenvalue weighted by Gasteiger charge is -2.09. The van der Waals surface area contributed by atoms with Crippen LogP contribution < -0.4 is 10.6 Å². The van der Waals surface area contributed by atoms with Gasteiger partial charge < -0.3 is 10.6 Å². The molecule has 0 radical (unpaired) electrons. The highest BCUT2D eigenvalue weighted by Crippen LogP contribution is 2.29. The molecular formula is C16H24Cl2N2O. The normalized spacial score (nSPS) is 10.6. The van der Waals surface area contributed by atoms with Gasteiger partial charge in [0, 0.05) is 0 Å². The van der Waals surface area contributed by atoms with E-state index in [1.807, 2.05) is 0 Å². The van der Waals surface area contributed by atoms with Gasteiger partial charge in [-0.1, -0.05) is 68.3 Å². The first-order valence-corrected chi connectivity index (χ1v) is 8.35. The van der Waals surface area contributed by atoms with Crippen molar-refractivity contribution in [1.29, 1.82) is 0 Å². The highest BCUT2D eigenvalue weighted by Gasteiger charge is 2.08. The molecule has 1 rings (SSSR count). The summed E-state index contributed by atoms with van der Waals surface area (Å²) < 4.78 is 0. The molecule has 0 aliphatic heterocycles. The Balaban J connectivity index is 2.14. The molecule has 2 N–H and O–H groups in total. The number of hydrogen-bond acceptors (Lipinski definition) is 2. The van der Waals surface area contributed by atoms with Gasteiger partial charge in [-0.15, -0.1) is 0 Å². The number of carbonyl (C=O) groups is 1. The predicted octanol–water partition coefficient (Wildman–Crippen LogP) is 4.88. The molecule has 0 fully saturated rings. The van der Waals surface area contributed by atoms with Crippen molar-refractivity contribution in [3.8, 4) is 0 Å². The number of halogens is 2. The maximum Gasteiger partial charge on any atom is 0.238 e. The van der Waals surface area contributed by atoms with Crippen LogP contribution >= 0.6 is 23.2 Å². The molecule has 0 atom stereocenters. The van der Waals surface area contributed by atoms with E-state index in [1.54, 1.807) is 18.2 Å². The fraction of sp³-hybridized carbons (Fsp3) is 0.562. The molecule has 0 saturated heterocycles. The third kappa shape index (κ3) is 7.70. The standard InChI is InChI=1S/C16H24Cl2N2O/c1-2-3-4-5-6-7-11-19-12-15(21)20-16-13(17)9-8-10-14(16)18/h8-10,19H,2-7,11-12H2,1H3,(H,20,21). The van der Waals surface area contributed by atoms with Crippen LogP contribution in [0.1, 0.15) is 45.4 Å². The van der Waals surface area contributed by atoms with E-state index in [0.717, 1.165) is 13.0 Å². The Morgan fingerprint density at radius 1 is 1.05 bits per heavy atom. The van der Waals surface area contributed by atoms with Crippen LogP contribution in [0, 0.1) is 0 Å². The summed E-state index contributed by atoms with van der Waals surface area (Å²) in [4.78, 5) is 11.8. The van der Waals surface area contributed by atoms with Crippen LogP contribution in [0.15, 0.2) is 18.2 Å². The molecule has 0 spiro atoms. The quantitative estimate of drug-likeness (QED) is 0.600. The van der Waals surface area contributed by atoms with E-state index in [4.69, 9.17) is 23.2 Å². The van der Waals surface area contributed by atoms with E-state index in [0.29, 0.717) is 15.7 Å². The van der Waals surface area contributed by atoms with Crippen molar-refractivity contribution in [2.24, 2.45) is 0 Å². The molecule has 1 aromatic carbocycles. The zero-order valence-electron chi connectivity index (χ0n) is 12.6. The van der Waals surface area contributed by atoms with Crippen molar-refractivity contribution >= 4 is 34.8 Å². The van der Waals surface area contributed by atoms with E-state index < -0.39 is 0 Å². The van der Waals surface area contributed by atoms with Crippen LogP contribution in [-0.4, -0.2) is 19.0 Å². The molecule has 0 unspecified atom stereocenters. The van der Waals surface area contributed by atoms with Gasteiger partial charge in [-0.2, -0.15) is 0 Å². The summed E-state index contributed by atoms with van der Waals surface area (Å²) in [5.41, 5.74) is 0.479. The minimum absolute atomic E-state index is 0.129. The smallest absolute Gasteiger partial charge is 0.238 e. The average molecular weight is 331 g/mol. The lowest BCUT2D eigenvalue weighted by molar-refractivity contribution is -0.115. The van der Waals surface area contributed by atoms with Gasteiger partial charge in [0.2, 0.25) is 5.91 Å². The molecule has 0 aromatic heterocycles. The summed E-state index contributed by atoms with van der Waals surface area (Å²) in [5.74, 6) is -0.129. The van der Waals surface area contributed by atoms with E-state index in [1.165, 1.54) is 32.1 Å².